The zero-order chi connectivity index (χ0) is 17.8. The first-order valence-electron chi connectivity index (χ1n) is 9.44. The summed E-state index contributed by atoms with van der Waals surface area (Å²) in [6.07, 6.45) is 3.63. The molecule has 0 bridgehead atoms. The highest BCUT2D eigenvalue weighted by Crippen LogP contribution is 2.37. The summed E-state index contributed by atoms with van der Waals surface area (Å²) in [5.41, 5.74) is 1.22. The van der Waals surface area contributed by atoms with Gasteiger partial charge in [-0.2, -0.15) is 0 Å². The van der Waals surface area contributed by atoms with Crippen LogP contribution in [0.1, 0.15) is 55.3 Å². The Morgan fingerprint density at radius 3 is 2.56 bits per heavy atom. The monoisotopic (exact) mass is 355 g/mol. The molecule has 1 aromatic heterocycles. The van der Waals surface area contributed by atoms with Crippen molar-refractivity contribution in [1.82, 2.24) is 4.90 Å². The van der Waals surface area contributed by atoms with Gasteiger partial charge in [0, 0.05) is 12.6 Å². The molecule has 1 aliphatic carbocycles. The van der Waals surface area contributed by atoms with E-state index in [0.29, 0.717) is 30.3 Å². The van der Waals surface area contributed by atoms with Crippen LogP contribution in [0.3, 0.4) is 0 Å². The Hall–Kier alpha value is -1.61. The SMILES string of the molecule is CC(C)[C@@H]1CC[C@@H](C)C[C@@H]1N(Cc1ccccc1)C(=O)c1cccs1. The zero-order valence-electron chi connectivity index (χ0n) is 15.5. The minimum atomic E-state index is 0.198. The van der Waals surface area contributed by atoms with Crippen LogP contribution in [-0.4, -0.2) is 16.8 Å². The molecule has 1 amide bonds. The Kier molecular flexibility index (Phi) is 5.95. The molecular formula is C22H29NOS. The van der Waals surface area contributed by atoms with E-state index in [-0.39, 0.29) is 5.91 Å². The Bertz CT molecular complexity index is 665. The molecule has 1 fully saturated rings. The van der Waals surface area contributed by atoms with Crippen molar-refractivity contribution in [3.8, 4) is 0 Å². The number of hydrogen-bond donors (Lipinski definition) is 0. The van der Waals surface area contributed by atoms with E-state index < -0.39 is 0 Å². The molecule has 0 saturated heterocycles. The lowest BCUT2D eigenvalue weighted by Crippen LogP contribution is -2.48. The summed E-state index contributed by atoms with van der Waals surface area (Å²) in [4.78, 5) is 16.3. The van der Waals surface area contributed by atoms with Crippen molar-refractivity contribution in [2.45, 2.75) is 52.6 Å². The Labute approximate surface area is 155 Å². The lowest BCUT2D eigenvalue weighted by Gasteiger charge is -2.44. The quantitative estimate of drug-likeness (QED) is 0.658. The standard InChI is InChI=1S/C22H29NOS/c1-16(2)19-12-11-17(3)14-20(19)23(15-18-8-5-4-6-9-18)22(24)21-10-7-13-25-21/h4-10,13,16-17,19-20H,11-12,14-15H2,1-3H3/t17-,19+,20+/m1/s1. The van der Waals surface area contributed by atoms with Crippen LogP contribution in [0, 0.1) is 17.8 Å². The lowest BCUT2D eigenvalue weighted by atomic mass is 9.73. The van der Waals surface area contributed by atoms with Crippen molar-refractivity contribution in [3.63, 3.8) is 0 Å². The van der Waals surface area contributed by atoms with Gasteiger partial charge >= 0.3 is 0 Å². The summed E-state index contributed by atoms with van der Waals surface area (Å²) in [7, 11) is 0. The van der Waals surface area contributed by atoms with Crippen molar-refractivity contribution < 1.29 is 4.79 Å². The maximum absolute atomic E-state index is 13.3. The summed E-state index contributed by atoms with van der Waals surface area (Å²) >= 11 is 1.55. The molecule has 0 aliphatic heterocycles. The van der Waals surface area contributed by atoms with Gasteiger partial charge in [0.05, 0.1) is 4.88 Å². The third kappa shape index (κ3) is 4.33. The second-order valence-corrected chi connectivity index (χ2v) is 8.74. The average molecular weight is 356 g/mol. The largest absolute Gasteiger partial charge is 0.330 e. The topological polar surface area (TPSA) is 20.3 Å². The molecule has 3 rings (SSSR count). The van der Waals surface area contributed by atoms with Crippen molar-refractivity contribution in [3.05, 3.63) is 58.3 Å². The van der Waals surface area contributed by atoms with E-state index in [1.807, 2.05) is 23.6 Å². The van der Waals surface area contributed by atoms with E-state index in [4.69, 9.17) is 0 Å². The molecule has 0 spiro atoms. The van der Waals surface area contributed by atoms with E-state index in [1.54, 1.807) is 11.3 Å². The second kappa shape index (κ2) is 8.18. The van der Waals surface area contributed by atoms with Gasteiger partial charge in [0.25, 0.3) is 5.91 Å². The highest BCUT2D eigenvalue weighted by molar-refractivity contribution is 7.12. The Balaban J connectivity index is 1.92. The van der Waals surface area contributed by atoms with Crippen LogP contribution in [0.4, 0.5) is 0 Å². The molecule has 0 N–H and O–H groups in total. The summed E-state index contributed by atoms with van der Waals surface area (Å²) in [5.74, 6) is 2.08. The number of hydrogen-bond acceptors (Lipinski definition) is 2. The smallest absolute Gasteiger partial charge is 0.264 e. The van der Waals surface area contributed by atoms with Crippen molar-refractivity contribution in [1.29, 1.82) is 0 Å². The molecule has 0 radical (unpaired) electrons. The van der Waals surface area contributed by atoms with Gasteiger partial charge in [0.1, 0.15) is 0 Å². The minimum Gasteiger partial charge on any atom is -0.330 e. The van der Waals surface area contributed by atoms with Gasteiger partial charge in [0.15, 0.2) is 0 Å². The fraction of sp³-hybridized carbons (Fsp3) is 0.500. The first-order chi connectivity index (χ1) is 12.1. The van der Waals surface area contributed by atoms with Crippen LogP contribution >= 0.6 is 11.3 Å². The van der Waals surface area contributed by atoms with Gasteiger partial charge in [-0.25, -0.2) is 0 Å². The Morgan fingerprint density at radius 2 is 1.92 bits per heavy atom. The third-order valence-corrected chi connectivity index (χ3v) is 6.43. The number of thiophene rings is 1. The van der Waals surface area contributed by atoms with Crippen LogP contribution in [0.15, 0.2) is 47.8 Å². The van der Waals surface area contributed by atoms with E-state index >= 15 is 0 Å². The maximum atomic E-state index is 13.3. The van der Waals surface area contributed by atoms with E-state index in [1.165, 1.54) is 18.4 Å². The van der Waals surface area contributed by atoms with Crippen LogP contribution in [-0.2, 0) is 6.54 Å². The number of carbonyl (C=O) groups is 1. The lowest BCUT2D eigenvalue weighted by molar-refractivity contribution is 0.0371. The van der Waals surface area contributed by atoms with Gasteiger partial charge in [-0.1, -0.05) is 63.6 Å². The Morgan fingerprint density at radius 1 is 1.16 bits per heavy atom. The fourth-order valence-corrected chi connectivity index (χ4v) is 4.85. The third-order valence-electron chi connectivity index (χ3n) is 5.58. The van der Waals surface area contributed by atoms with E-state index in [0.717, 1.165) is 11.3 Å². The first kappa shape index (κ1) is 18.2. The van der Waals surface area contributed by atoms with E-state index in [9.17, 15) is 4.79 Å². The van der Waals surface area contributed by atoms with Gasteiger partial charge in [-0.05, 0) is 47.6 Å². The van der Waals surface area contributed by atoms with Gasteiger partial charge in [0.2, 0.25) is 0 Å². The van der Waals surface area contributed by atoms with E-state index in [2.05, 4.69) is 49.9 Å². The molecule has 134 valence electrons. The summed E-state index contributed by atoms with van der Waals surface area (Å²) in [5, 5.41) is 2.00. The van der Waals surface area contributed by atoms with Crippen molar-refractivity contribution >= 4 is 17.2 Å². The number of rotatable bonds is 5. The fourth-order valence-electron chi connectivity index (χ4n) is 4.17. The predicted molar refractivity (Wildman–Crippen MR) is 106 cm³/mol. The second-order valence-electron chi connectivity index (χ2n) is 7.79. The zero-order valence-corrected chi connectivity index (χ0v) is 16.3. The molecule has 0 unspecified atom stereocenters. The molecular weight excluding hydrogens is 326 g/mol. The highest BCUT2D eigenvalue weighted by Gasteiger charge is 2.37. The number of benzene rings is 1. The molecule has 1 heterocycles. The molecule has 2 nitrogen and oxygen atoms in total. The maximum Gasteiger partial charge on any atom is 0.264 e. The molecule has 3 heteroatoms. The minimum absolute atomic E-state index is 0.198. The van der Waals surface area contributed by atoms with Crippen molar-refractivity contribution in [2.75, 3.05) is 0 Å². The number of carbonyl (C=O) groups excluding carboxylic acids is 1. The molecule has 1 aliphatic rings. The first-order valence-corrected chi connectivity index (χ1v) is 10.3. The molecule has 2 aromatic rings. The van der Waals surface area contributed by atoms with Gasteiger partial charge in [-0.15, -0.1) is 11.3 Å². The summed E-state index contributed by atoms with van der Waals surface area (Å²) in [6, 6.07) is 14.7. The van der Waals surface area contributed by atoms with Crippen LogP contribution in [0.25, 0.3) is 0 Å². The van der Waals surface area contributed by atoms with Crippen molar-refractivity contribution in [2.24, 2.45) is 17.8 Å². The molecule has 1 aromatic carbocycles. The normalized spacial score (nSPS) is 23.6. The van der Waals surface area contributed by atoms with Crippen LogP contribution in [0.5, 0.6) is 0 Å². The molecule has 1 saturated carbocycles. The molecule has 25 heavy (non-hydrogen) atoms. The number of amides is 1. The van der Waals surface area contributed by atoms with Gasteiger partial charge in [-0.3, -0.25) is 4.79 Å². The summed E-state index contributed by atoms with van der Waals surface area (Å²) in [6.45, 7) is 7.66. The predicted octanol–water partition coefficient (Wildman–Crippen LogP) is 5.85. The van der Waals surface area contributed by atoms with Gasteiger partial charge < -0.3 is 4.90 Å². The average Bonchev–Trinajstić information content (AvgIpc) is 3.14. The summed E-state index contributed by atoms with van der Waals surface area (Å²) < 4.78 is 0. The van der Waals surface area contributed by atoms with Crippen LogP contribution < -0.4 is 0 Å². The van der Waals surface area contributed by atoms with Crippen LogP contribution in [0.2, 0.25) is 0 Å². The highest BCUT2D eigenvalue weighted by atomic mass is 32.1. The number of nitrogens with zero attached hydrogens (tertiary/aromatic N) is 1. The molecule has 3 atom stereocenters.